The lowest BCUT2D eigenvalue weighted by molar-refractivity contribution is -0.157. The zero-order chi connectivity index (χ0) is 25.5. The van der Waals surface area contributed by atoms with E-state index in [4.69, 9.17) is 20.6 Å². The van der Waals surface area contributed by atoms with Crippen molar-refractivity contribution in [3.8, 4) is 0 Å². The topological polar surface area (TPSA) is 138 Å². The molecule has 0 spiro atoms. The van der Waals surface area contributed by atoms with Crippen molar-refractivity contribution in [2.75, 3.05) is 46.0 Å². The molecule has 3 fully saturated rings. The number of amidine groups is 1. The molecule has 0 aromatic heterocycles. The fourth-order valence-electron chi connectivity index (χ4n) is 5.24. The van der Waals surface area contributed by atoms with E-state index >= 15 is 0 Å². The third-order valence-corrected chi connectivity index (χ3v) is 7.57. The summed E-state index contributed by atoms with van der Waals surface area (Å²) in [7, 11) is 0. The Morgan fingerprint density at radius 2 is 1.57 bits per heavy atom. The molecule has 2 heterocycles. The lowest BCUT2D eigenvalue weighted by Crippen LogP contribution is -2.48. The van der Waals surface area contributed by atoms with Crippen LogP contribution in [-0.2, 0) is 19.1 Å². The molecule has 3 amide bonds. The minimum absolute atomic E-state index is 0. The number of hydrogen-bond acceptors (Lipinski definition) is 6. The summed E-state index contributed by atoms with van der Waals surface area (Å²) in [6, 6.07) is 7.82. The van der Waals surface area contributed by atoms with Crippen LogP contribution in [-0.4, -0.2) is 85.6 Å². The highest BCUT2D eigenvalue weighted by Crippen LogP contribution is 2.29. The van der Waals surface area contributed by atoms with Gasteiger partial charge in [-0.05, 0) is 50.0 Å². The molecule has 2 saturated heterocycles. The van der Waals surface area contributed by atoms with Crippen LogP contribution in [0.3, 0.4) is 0 Å². The standard InChI is InChI=1S/C26H37N5O5.ClH/c27-24(28)20-3-1-18(2-4-20)19-9-11-31(12-10-19)26(34)29-22-7-5-21(6-8-22)25(33)36-17-23(32)30-13-15-35-16-14-30;/h1-4,19,21-22H,5-17H2,(H3,27,28)(H,29,34);1H/t21-,22-;. The van der Waals surface area contributed by atoms with E-state index in [-0.39, 0.29) is 54.7 Å². The number of esters is 1. The lowest BCUT2D eigenvalue weighted by atomic mass is 9.86. The van der Waals surface area contributed by atoms with Crippen molar-refractivity contribution in [3.63, 3.8) is 0 Å². The number of nitrogens with one attached hydrogen (secondary N) is 2. The van der Waals surface area contributed by atoms with Gasteiger partial charge in [0.25, 0.3) is 5.91 Å². The zero-order valence-corrected chi connectivity index (χ0v) is 22.0. The van der Waals surface area contributed by atoms with Crippen LogP contribution in [0, 0.1) is 11.3 Å². The van der Waals surface area contributed by atoms with Crippen molar-refractivity contribution < 1.29 is 23.9 Å². The largest absolute Gasteiger partial charge is 0.455 e. The summed E-state index contributed by atoms with van der Waals surface area (Å²) in [4.78, 5) is 41.0. The Morgan fingerprint density at radius 3 is 2.16 bits per heavy atom. The molecule has 0 bridgehead atoms. The van der Waals surface area contributed by atoms with Gasteiger partial charge < -0.3 is 30.3 Å². The molecule has 11 heteroatoms. The first-order chi connectivity index (χ1) is 17.4. The summed E-state index contributed by atoms with van der Waals surface area (Å²) >= 11 is 0. The number of nitrogens with zero attached hydrogens (tertiary/aromatic N) is 2. The number of carbonyl (C=O) groups excluding carboxylic acids is 3. The number of hydrogen-bond donors (Lipinski definition) is 3. The number of morpholine rings is 1. The number of likely N-dealkylation sites (tertiary alicyclic amines) is 1. The predicted octanol–water partition coefficient (Wildman–Crippen LogP) is 2.24. The molecule has 4 N–H and O–H groups in total. The number of urea groups is 1. The Hall–Kier alpha value is -2.85. The Balaban J connectivity index is 0.00000380. The van der Waals surface area contributed by atoms with Crippen LogP contribution in [0.15, 0.2) is 24.3 Å². The first kappa shape index (κ1) is 28.7. The average molecular weight is 536 g/mol. The van der Waals surface area contributed by atoms with Crippen LogP contribution < -0.4 is 11.1 Å². The summed E-state index contributed by atoms with van der Waals surface area (Å²) < 4.78 is 10.5. The SMILES string of the molecule is Cl.N=C(N)c1ccc(C2CCN(C(=O)N[C@H]3CC[C@H](C(=O)OCC(=O)N4CCOCC4)CC3)CC2)cc1. The van der Waals surface area contributed by atoms with Crippen LogP contribution in [0.4, 0.5) is 4.79 Å². The first-order valence-electron chi connectivity index (χ1n) is 12.9. The van der Waals surface area contributed by atoms with Gasteiger partial charge in [-0.1, -0.05) is 24.3 Å². The van der Waals surface area contributed by atoms with Crippen molar-refractivity contribution in [2.24, 2.45) is 11.7 Å². The van der Waals surface area contributed by atoms with Gasteiger partial charge in [0.2, 0.25) is 0 Å². The van der Waals surface area contributed by atoms with Gasteiger partial charge in [-0.25, -0.2) is 4.79 Å². The lowest BCUT2D eigenvalue weighted by Gasteiger charge is -2.35. The van der Waals surface area contributed by atoms with Gasteiger partial charge in [-0.15, -0.1) is 12.4 Å². The summed E-state index contributed by atoms with van der Waals surface area (Å²) in [5, 5.41) is 10.7. The molecular formula is C26H38ClN5O5. The van der Waals surface area contributed by atoms with E-state index in [2.05, 4.69) is 5.32 Å². The minimum Gasteiger partial charge on any atom is -0.455 e. The molecule has 10 nitrogen and oxygen atoms in total. The molecule has 37 heavy (non-hydrogen) atoms. The number of ether oxygens (including phenoxy) is 2. The second-order valence-electron chi connectivity index (χ2n) is 9.90. The highest BCUT2D eigenvalue weighted by atomic mass is 35.5. The highest BCUT2D eigenvalue weighted by Gasteiger charge is 2.31. The van der Waals surface area contributed by atoms with Crippen LogP contribution in [0.5, 0.6) is 0 Å². The monoisotopic (exact) mass is 535 g/mol. The molecule has 4 rings (SSSR count). The van der Waals surface area contributed by atoms with Gasteiger partial charge in [-0.3, -0.25) is 15.0 Å². The van der Waals surface area contributed by atoms with Crippen molar-refractivity contribution in [2.45, 2.75) is 50.5 Å². The van der Waals surface area contributed by atoms with Gasteiger partial charge in [-0.2, -0.15) is 0 Å². The zero-order valence-electron chi connectivity index (χ0n) is 21.2. The van der Waals surface area contributed by atoms with Crippen molar-refractivity contribution in [1.29, 1.82) is 5.41 Å². The molecule has 1 aliphatic carbocycles. The number of carbonyl (C=O) groups is 3. The molecule has 0 radical (unpaired) electrons. The summed E-state index contributed by atoms with van der Waals surface area (Å²) in [6.45, 7) is 3.28. The molecule has 2 aliphatic heterocycles. The minimum atomic E-state index is -0.320. The fraction of sp³-hybridized carbons (Fsp3) is 0.615. The van der Waals surface area contributed by atoms with E-state index in [1.807, 2.05) is 29.2 Å². The van der Waals surface area contributed by atoms with Gasteiger partial charge in [0, 0.05) is 37.8 Å². The maximum atomic E-state index is 12.8. The number of nitrogens with two attached hydrogens (primary N) is 1. The van der Waals surface area contributed by atoms with Crippen molar-refractivity contribution in [1.82, 2.24) is 15.1 Å². The first-order valence-corrected chi connectivity index (χ1v) is 12.9. The summed E-state index contributed by atoms with van der Waals surface area (Å²) in [5.41, 5.74) is 7.48. The number of piperidine rings is 1. The Kier molecular flexibility index (Phi) is 10.6. The van der Waals surface area contributed by atoms with Crippen molar-refractivity contribution >= 4 is 36.2 Å². The van der Waals surface area contributed by atoms with Gasteiger partial charge >= 0.3 is 12.0 Å². The third-order valence-electron chi connectivity index (χ3n) is 7.57. The van der Waals surface area contributed by atoms with E-state index in [0.717, 1.165) is 31.2 Å². The van der Waals surface area contributed by atoms with E-state index < -0.39 is 0 Å². The summed E-state index contributed by atoms with van der Waals surface area (Å²) in [5.74, 6) is -0.255. The van der Waals surface area contributed by atoms with E-state index in [1.165, 1.54) is 5.56 Å². The third kappa shape index (κ3) is 7.82. The number of benzene rings is 1. The van der Waals surface area contributed by atoms with E-state index in [9.17, 15) is 14.4 Å². The molecule has 3 aliphatic rings. The fourth-order valence-corrected chi connectivity index (χ4v) is 5.24. The smallest absolute Gasteiger partial charge is 0.317 e. The number of nitrogen functional groups attached to an aromatic ring is 1. The van der Waals surface area contributed by atoms with Crippen LogP contribution in [0.1, 0.15) is 55.6 Å². The van der Waals surface area contributed by atoms with Crippen LogP contribution in [0.2, 0.25) is 0 Å². The maximum Gasteiger partial charge on any atom is 0.317 e. The predicted molar refractivity (Wildman–Crippen MR) is 141 cm³/mol. The van der Waals surface area contributed by atoms with E-state index in [1.54, 1.807) is 4.90 Å². The van der Waals surface area contributed by atoms with Crippen LogP contribution >= 0.6 is 12.4 Å². The highest BCUT2D eigenvalue weighted by molar-refractivity contribution is 5.94. The second kappa shape index (κ2) is 13.6. The molecule has 204 valence electrons. The van der Waals surface area contributed by atoms with Crippen molar-refractivity contribution in [3.05, 3.63) is 35.4 Å². The molecule has 1 aromatic rings. The normalized spacial score (nSPS) is 22.5. The molecule has 0 unspecified atom stereocenters. The number of halogens is 1. The van der Waals surface area contributed by atoms with Crippen LogP contribution in [0.25, 0.3) is 0 Å². The molecular weight excluding hydrogens is 498 g/mol. The Bertz CT molecular complexity index is 937. The summed E-state index contributed by atoms with van der Waals surface area (Å²) in [6.07, 6.45) is 4.54. The maximum absolute atomic E-state index is 12.8. The number of rotatable bonds is 6. The molecule has 0 atom stereocenters. The van der Waals surface area contributed by atoms with Gasteiger partial charge in [0.15, 0.2) is 6.61 Å². The molecule has 1 aromatic carbocycles. The van der Waals surface area contributed by atoms with Gasteiger partial charge in [0.05, 0.1) is 19.1 Å². The number of amides is 3. The van der Waals surface area contributed by atoms with Gasteiger partial charge in [0.1, 0.15) is 5.84 Å². The quantitative estimate of drug-likeness (QED) is 0.290. The average Bonchev–Trinajstić information content (AvgIpc) is 2.92. The molecule has 1 saturated carbocycles. The van der Waals surface area contributed by atoms with E-state index in [0.29, 0.717) is 58.2 Å². The second-order valence-corrected chi connectivity index (χ2v) is 9.90. The Morgan fingerprint density at radius 1 is 0.946 bits per heavy atom. The Labute approximate surface area is 224 Å².